The Kier molecular flexibility index (Phi) is 0.670. The van der Waals surface area contributed by atoms with Crippen LogP contribution < -0.4 is 10.6 Å². The van der Waals surface area contributed by atoms with Crippen molar-refractivity contribution in [3.8, 4) is 0 Å². The lowest BCUT2D eigenvalue weighted by Crippen LogP contribution is -2.24. The molecule has 0 aromatic heterocycles. The molecule has 0 spiro atoms. The lowest BCUT2D eigenvalue weighted by atomic mass is 11.0. The van der Waals surface area contributed by atoms with Crippen LogP contribution in [0.15, 0.2) is 12.4 Å². The standard InChI is InChI=1S/C3H5FN2/c4-3-5-1-2-6-3/h1-3,5-6H. The molecule has 2 N–H and O–H groups in total. The molecule has 6 heavy (non-hydrogen) atoms. The molecule has 0 aromatic rings. The minimum absolute atomic E-state index is 1.06. The Bertz CT molecular complexity index is 63.2. The largest absolute Gasteiger partial charge is 0.344 e. The van der Waals surface area contributed by atoms with Crippen LogP contribution in [0.3, 0.4) is 0 Å². The second-order valence-electron chi connectivity index (χ2n) is 1.03. The molecule has 0 saturated carbocycles. The summed E-state index contributed by atoms with van der Waals surface area (Å²) in [6.45, 7) is 0. The van der Waals surface area contributed by atoms with E-state index in [1.165, 1.54) is 12.4 Å². The first kappa shape index (κ1) is 3.46. The first-order valence-electron chi connectivity index (χ1n) is 1.71. The molecule has 0 aliphatic carbocycles. The van der Waals surface area contributed by atoms with Crippen molar-refractivity contribution < 1.29 is 4.39 Å². The molecular formula is C3H5FN2. The molecule has 0 radical (unpaired) electrons. The van der Waals surface area contributed by atoms with Crippen LogP contribution in [0.2, 0.25) is 0 Å². The van der Waals surface area contributed by atoms with Crippen LogP contribution in [0.25, 0.3) is 0 Å². The first-order chi connectivity index (χ1) is 2.89. The number of halogens is 1. The quantitative estimate of drug-likeness (QED) is 0.404. The van der Waals surface area contributed by atoms with E-state index in [4.69, 9.17) is 0 Å². The summed E-state index contributed by atoms with van der Waals surface area (Å²) in [7, 11) is 0. The predicted molar refractivity (Wildman–Crippen MR) is 20.3 cm³/mol. The normalized spacial score (nSPS) is 20.2. The highest BCUT2D eigenvalue weighted by molar-refractivity contribution is 4.85. The van der Waals surface area contributed by atoms with E-state index in [-0.39, 0.29) is 0 Å². The summed E-state index contributed by atoms with van der Waals surface area (Å²) in [5.41, 5.74) is 0. The highest BCUT2D eigenvalue weighted by Gasteiger charge is 1.99. The van der Waals surface area contributed by atoms with Gasteiger partial charge in [0.1, 0.15) is 0 Å². The fraction of sp³-hybridized carbons (Fsp3) is 0.333. The molecule has 0 saturated heterocycles. The van der Waals surface area contributed by atoms with E-state index >= 15 is 0 Å². The fourth-order valence-electron chi connectivity index (χ4n) is 0.313. The molecule has 1 aliphatic heterocycles. The van der Waals surface area contributed by atoms with E-state index in [9.17, 15) is 4.39 Å². The van der Waals surface area contributed by atoms with Crippen LogP contribution in [0.1, 0.15) is 0 Å². The number of alkyl halides is 1. The average molecular weight is 88.1 g/mol. The zero-order chi connectivity index (χ0) is 4.41. The maximum atomic E-state index is 11.6. The van der Waals surface area contributed by atoms with Gasteiger partial charge < -0.3 is 10.6 Å². The Morgan fingerprint density at radius 3 is 2.00 bits per heavy atom. The fourth-order valence-corrected chi connectivity index (χ4v) is 0.313. The highest BCUT2D eigenvalue weighted by Crippen LogP contribution is 1.83. The molecular weight excluding hydrogens is 83.0 g/mol. The molecule has 0 atom stereocenters. The zero-order valence-electron chi connectivity index (χ0n) is 3.11. The third kappa shape index (κ3) is 0.429. The number of hydrogen-bond donors (Lipinski definition) is 2. The van der Waals surface area contributed by atoms with E-state index < -0.39 is 6.42 Å². The Morgan fingerprint density at radius 2 is 1.83 bits per heavy atom. The van der Waals surface area contributed by atoms with Gasteiger partial charge in [-0.25, -0.2) is 0 Å². The van der Waals surface area contributed by atoms with Gasteiger partial charge in [0.2, 0.25) is 6.42 Å². The van der Waals surface area contributed by atoms with Crippen LogP contribution in [0.4, 0.5) is 4.39 Å². The van der Waals surface area contributed by atoms with Gasteiger partial charge in [0.25, 0.3) is 0 Å². The second kappa shape index (κ2) is 1.16. The number of nitrogens with one attached hydrogen (secondary N) is 2. The lowest BCUT2D eigenvalue weighted by Gasteiger charge is -1.95. The van der Waals surface area contributed by atoms with Crippen molar-refractivity contribution in [1.29, 1.82) is 0 Å². The highest BCUT2D eigenvalue weighted by atomic mass is 19.1. The molecule has 0 unspecified atom stereocenters. The van der Waals surface area contributed by atoms with Gasteiger partial charge in [-0.2, -0.15) is 4.39 Å². The molecule has 1 heterocycles. The molecule has 0 fully saturated rings. The van der Waals surface area contributed by atoms with Gasteiger partial charge in [0, 0.05) is 12.4 Å². The lowest BCUT2D eigenvalue weighted by molar-refractivity contribution is 0.288. The van der Waals surface area contributed by atoms with Gasteiger partial charge in [-0.15, -0.1) is 0 Å². The molecule has 2 nitrogen and oxygen atoms in total. The van der Waals surface area contributed by atoms with Crippen molar-refractivity contribution in [3.05, 3.63) is 12.4 Å². The second-order valence-corrected chi connectivity index (χ2v) is 1.03. The number of rotatable bonds is 0. The number of hydrogen-bond acceptors (Lipinski definition) is 2. The van der Waals surface area contributed by atoms with Crippen LogP contribution >= 0.6 is 0 Å². The topological polar surface area (TPSA) is 24.1 Å². The van der Waals surface area contributed by atoms with Gasteiger partial charge in [0.15, 0.2) is 0 Å². The summed E-state index contributed by atoms with van der Waals surface area (Å²) in [5, 5.41) is 4.72. The van der Waals surface area contributed by atoms with E-state index in [1.54, 1.807) is 0 Å². The van der Waals surface area contributed by atoms with Crippen molar-refractivity contribution in [1.82, 2.24) is 10.6 Å². The SMILES string of the molecule is FC1NC=CN1. The van der Waals surface area contributed by atoms with Crippen LogP contribution in [0.5, 0.6) is 0 Å². The summed E-state index contributed by atoms with van der Waals surface area (Å²) < 4.78 is 11.6. The van der Waals surface area contributed by atoms with Crippen LogP contribution in [0, 0.1) is 0 Å². The average Bonchev–Trinajstić information content (AvgIpc) is 1.86. The molecule has 0 amide bonds. The van der Waals surface area contributed by atoms with Crippen molar-refractivity contribution in [3.63, 3.8) is 0 Å². The van der Waals surface area contributed by atoms with E-state index in [0.717, 1.165) is 0 Å². The Morgan fingerprint density at radius 1 is 1.33 bits per heavy atom. The Balaban J connectivity index is 2.32. The predicted octanol–water partition coefficient (Wildman–Crippen LogP) is -0.0965. The maximum Gasteiger partial charge on any atom is 0.244 e. The third-order valence-electron chi connectivity index (χ3n) is 0.568. The minimum Gasteiger partial charge on any atom is -0.344 e. The summed E-state index contributed by atoms with van der Waals surface area (Å²) in [6.07, 6.45) is 1.97. The maximum absolute atomic E-state index is 11.6. The molecule has 34 valence electrons. The summed E-state index contributed by atoms with van der Waals surface area (Å²) >= 11 is 0. The Labute approximate surface area is 35.0 Å². The summed E-state index contributed by atoms with van der Waals surface area (Å²) in [4.78, 5) is 0. The van der Waals surface area contributed by atoms with Gasteiger partial charge >= 0.3 is 0 Å². The van der Waals surface area contributed by atoms with Crippen LogP contribution in [-0.2, 0) is 0 Å². The molecule has 0 bridgehead atoms. The molecule has 1 rings (SSSR count). The van der Waals surface area contributed by atoms with Gasteiger partial charge in [-0.1, -0.05) is 0 Å². The molecule has 1 aliphatic rings. The van der Waals surface area contributed by atoms with E-state index in [1.807, 2.05) is 0 Å². The van der Waals surface area contributed by atoms with Gasteiger partial charge in [-0.3, -0.25) is 0 Å². The van der Waals surface area contributed by atoms with E-state index in [0.29, 0.717) is 0 Å². The third-order valence-corrected chi connectivity index (χ3v) is 0.568. The smallest absolute Gasteiger partial charge is 0.244 e. The van der Waals surface area contributed by atoms with Crippen molar-refractivity contribution in [2.45, 2.75) is 6.42 Å². The van der Waals surface area contributed by atoms with Crippen molar-refractivity contribution in [2.75, 3.05) is 0 Å². The van der Waals surface area contributed by atoms with Gasteiger partial charge in [-0.05, 0) is 0 Å². The van der Waals surface area contributed by atoms with Gasteiger partial charge in [0.05, 0.1) is 0 Å². The van der Waals surface area contributed by atoms with Crippen molar-refractivity contribution in [2.24, 2.45) is 0 Å². The van der Waals surface area contributed by atoms with E-state index in [2.05, 4.69) is 10.6 Å². The zero-order valence-corrected chi connectivity index (χ0v) is 3.11. The minimum atomic E-state index is -1.06. The Hall–Kier alpha value is -0.730. The molecule has 0 aromatic carbocycles. The monoisotopic (exact) mass is 88.0 g/mol. The molecule has 3 heteroatoms. The first-order valence-corrected chi connectivity index (χ1v) is 1.71. The van der Waals surface area contributed by atoms with Crippen LogP contribution in [-0.4, -0.2) is 6.42 Å². The summed E-state index contributed by atoms with van der Waals surface area (Å²) in [5.74, 6) is 0. The summed E-state index contributed by atoms with van der Waals surface area (Å²) in [6, 6.07) is 0. The van der Waals surface area contributed by atoms with Crippen molar-refractivity contribution >= 4 is 0 Å².